The van der Waals surface area contributed by atoms with E-state index in [1.807, 2.05) is 76.7 Å². The van der Waals surface area contributed by atoms with E-state index in [1.165, 1.54) is 0 Å². The van der Waals surface area contributed by atoms with Gasteiger partial charge in [-0.15, -0.1) is 0 Å². The Hall–Kier alpha value is -2.20. The van der Waals surface area contributed by atoms with E-state index in [0.717, 1.165) is 0 Å². The van der Waals surface area contributed by atoms with Crippen LogP contribution in [0.25, 0.3) is 0 Å². The summed E-state index contributed by atoms with van der Waals surface area (Å²) in [4.78, 5) is 43.5. The second-order valence-electron chi connectivity index (χ2n) is 12.3. The number of esters is 2. The summed E-state index contributed by atoms with van der Waals surface area (Å²) < 4.78 is 18.6. The van der Waals surface area contributed by atoms with Crippen molar-refractivity contribution in [3.8, 4) is 0 Å². The average molecular weight is 514 g/mol. The van der Waals surface area contributed by atoms with Gasteiger partial charge >= 0.3 is 18.0 Å². The highest BCUT2D eigenvalue weighted by atomic mass is 16.6. The summed E-state index contributed by atoms with van der Waals surface area (Å²) in [5, 5.41) is 0. The van der Waals surface area contributed by atoms with Crippen molar-refractivity contribution in [3.05, 3.63) is 0 Å². The fourth-order valence-corrected chi connectivity index (χ4v) is 3.48. The molecular formula is C26H49N4O6+. The molecule has 1 aliphatic rings. The molecule has 36 heavy (non-hydrogen) atoms. The zero-order valence-electron chi connectivity index (χ0n) is 24.0. The van der Waals surface area contributed by atoms with E-state index in [2.05, 4.69) is 6.72 Å². The largest absolute Gasteiger partial charge is 0.459 e. The number of ether oxygens (including phenoxy) is 3. The number of hydrogen-bond acceptors (Lipinski definition) is 8. The van der Waals surface area contributed by atoms with Gasteiger partial charge in [0.1, 0.15) is 23.5 Å². The van der Waals surface area contributed by atoms with Gasteiger partial charge in [-0.1, -0.05) is 0 Å². The van der Waals surface area contributed by atoms with Gasteiger partial charge in [0.25, 0.3) is 0 Å². The van der Waals surface area contributed by atoms with Crippen LogP contribution in [0.15, 0.2) is 0 Å². The van der Waals surface area contributed by atoms with Crippen LogP contribution in [0.3, 0.4) is 0 Å². The van der Waals surface area contributed by atoms with Crippen LogP contribution in [0.2, 0.25) is 0 Å². The van der Waals surface area contributed by atoms with Gasteiger partial charge in [-0.3, -0.25) is 19.4 Å². The Balaban J connectivity index is 3.01. The molecule has 10 nitrogen and oxygen atoms in total. The molecule has 10 heteroatoms. The van der Waals surface area contributed by atoms with Crippen molar-refractivity contribution >= 4 is 24.7 Å². The standard InChI is InChI=1S/C26H49N4O6/c1-24(2,3)34-21(31)19-28-13-11-27(10)12-14-29(20-22(32)35-25(4,5)6)16-18-30(17-15-28)23(33)36-26(7,8)9/h10-20H2,1-9H3/q+1. The molecule has 1 aliphatic heterocycles. The summed E-state index contributed by atoms with van der Waals surface area (Å²) in [6.45, 7) is 25.0. The lowest BCUT2D eigenvalue weighted by Crippen LogP contribution is -2.49. The van der Waals surface area contributed by atoms with Gasteiger partial charge in [-0.25, -0.2) is 9.37 Å². The summed E-state index contributed by atoms with van der Waals surface area (Å²) >= 11 is 0. The van der Waals surface area contributed by atoms with Gasteiger partial charge in [-0.2, -0.15) is 0 Å². The van der Waals surface area contributed by atoms with Crippen molar-refractivity contribution < 1.29 is 33.2 Å². The van der Waals surface area contributed by atoms with Crippen molar-refractivity contribution in [3.63, 3.8) is 0 Å². The Labute approximate surface area is 217 Å². The minimum Gasteiger partial charge on any atom is -0.459 e. The normalized spacial score (nSPS) is 18.1. The molecule has 0 unspecified atom stereocenters. The van der Waals surface area contributed by atoms with Gasteiger partial charge in [-0.05, 0) is 62.3 Å². The molecule has 1 amide bonds. The van der Waals surface area contributed by atoms with Crippen LogP contribution < -0.4 is 0 Å². The van der Waals surface area contributed by atoms with Gasteiger partial charge < -0.3 is 19.1 Å². The molecule has 0 aromatic rings. The smallest absolute Gasteiger partial charge is 0.410 e. The summed E-state index contributed by atoms with van der Waals surface area (Å²) in [5.41, 5.74) is -1.77. The molecule has 208 valence electrons. The minimum absolute atomic E-state index is 0.123. The minimum atomic E-state index is -0.637. The van der Waals surface area contributed by atoms with Crippen LogP contribution >= 0.6 is 0 Å². The Morgan fingerprint density at radius 1 is 0.639 bits per heavy atom. The van der Waals surface area contributed by atoms with E-state index < -0.39 is 22.9 Å². The molecule has 0 radical (unpaired) electrons. The number of carbonyl (C=O) groups excluding carboxylic acids is 3. The Bertz CT molecular complexity index is 716. The molecule has 0 saturated carbocycles. The fraction of sp³-hybridized carbons (Fsp3) is 0.846. The monoisotopic (exact) mass is 513 g/mol. The predicted molar refractivity (Wildman–Crippen MR) is 139 cm³/mol. The molecule has 0 N–H and O–H groups in total. The van der Waals surface area contributed by atoms with E-state index in [0.29, 0.717) is 52.4 Å². The molecule has 1 fully saturated rings. The molecule has 0 spiro atoms. The summed E-state index contributed by atoms with van der Waals surface area (Å²) in [7, 11) is 0. The molecule has 0 aromatic heterocycles. The number of amides is 1. The topological polar surface area (TPSA) is 91.6 Å². The lowest BCUT2D eigenvalue weighted by atomic mass is 10.2. The molecule has 1 saturated heterocycles. The zero-order valence-corrected chi connectivity index (χ0v) is 24.0. The maximum atomic E-state index is 13.0. The van der Waals surface area contributed by atoms with Crippen molar-refractivity contribution in [1.29, 1.82) is 0 Å². The highest BCUT2D eigenvalue weighted by Crippen LogP contribution is 2.12. The molecule has 0 aromatic carbocycles. The van der Waals surface area contributed by atoms with E-state index >= 15 is 0 Å². The molecular weight excluding hydrogens is 464 g/mol. The Morgan fingerprint density at radius 3 is 1.33 bits per heavy atom. The highest BCUT2D eigenvalue weighted by Gasteiger charge is 2.27. The van der Waals surface area contributed by atoms with Gasteiger partial charge in [0.2, 0.25) is 0 Å². The van der Waals surface area contributed by atoms with Crippen molar-refractivity contribution in [2.45, 2.75) is 79.1 Å². The van der Waals surface area contributed by atoms with E-state index in [9.17, 15) is 14.4 Å². The molecule has 0 atom stereocenters. The van der Waals surface area contributed by atoms with Crippen LogP contribution in [0.1, 0.15) is 62.3 Å². The van der Waals surface area contributed by atoms with Crippen LogP contribution in [-0.2, 0) is 23.8 Å². The van der Waals surface area contributed by atoms with Crippen molar-refractivity contribution in [1.82, 2.24) is 14.7 Å². The maximum Gasteiger partial charge on any atom is 0.410 e. The average Bonchev–Trinajstić information content (AvgIpc) is 2.64. The highest BCUT2D eigenvalue weighted by molar-refractivity contribution is 5.72. The molecule has 1 rings (SSSR count). The van der Waals surface area contributed by atoms with E-state index in [1.54, 1.807) is 4.90 Å². The number of hydrogen-bond donors (Lipinski definition) is 0. The first-order valence-electron chi connectivity index (χ1n) is 12.7. The van der Waals surface area contributed by atoms with Crippen LogP contribution in [-0.4, -0.2) is 126 Å². The number of carbonyl (C=O) groups is 3. The molecule has 1 heterocycles. The van der Waals surface area contributed by atoms with E-state index in [4.69, 9.17) is 14.2 Å². The first-order chi connectivity index (χ1) is 16.3. The van der Waals surface area contributed by atoms with E-state index in [-0.39, 0.29) is 25.0 Å². The second kappa shape index (κ2) is 13.4. The summed E-state index contributed by atoms with van der Waals surface area (Å²) in [6, 6.07) is 0. The van der Waals surface area contributed by atoms with Crippen LogP contribution in [0, 0.1) is 0 Å². The zero-order chi connectivity index (χ0) is 27.7. The van der Waals surface area contributed by atoms with Gasteiger partial charge in [0.05, 0.1) is 26.2 Å². The number of nitrogens with zero attached hydrogens (tertiary/aromatic N) is 4. The van der Waals surface area contributed by atoms with Crippen molar-refractivity contribution in [2.75, 3.05) is 65.4 Å². The number of rotatable bonds is 4. The Morgan fingerprint density at radius 2 is 1.00 bits per heavy atom. The summed E-state index contributed by atoms with van der Waals surface area (Å²) in [5.74, 6) is -0.616. The second-order valence-corrected chi connectivity index (χ2v) is 12.3. The van der Waals surface area contributed by atoms with Gasteiger partial charge in [0, 0.05) is 26.2 Å². The third kappa shape index (κ3) is 15.0. The third-order valence-electron chi connectivity index (χ3n) is 5.03. The first-order valence-corrected chi connectivity index (χ1v) is 12.7. The lowest BCUT2D eigenvalue weighted by Gasteiger charge is -2.32. The SMILES string of the molecule is C=[N+]1CCN(CC(=O)OC(C)(C)C)CCN(C(=O)OC(C)(C)C)CCN(CC(=O)OC(C)(C)C)CC1. The fourth-order valence-electron chi connectivity index (χ4n) is 3.48. The summed E-state index contributed by atoms with van der Waals surface area (Å²) in [6.07, 6.45) is -0.423. The van der Waals surface area contributed by atoms with Gasteiger partial charge in [0.15, 0.2) is 13.1 Å². The molecule has 0 aliphatic carbocycles. The van der Waals surface area contributed by atoms with Crippen LogP contribution in [0.5, 0.6) is 0 Å². The maximum absolute atomic E-state index is 13.0. The lowest BCUT2D eigenvalue weighted by molar-refractivity contribution is -0.519. The third-order valence-corrected chi connectivity index (χ3v) is 5.03. The van der Waals surface area contributed by atoms with Crippen LogP contribution in [0.4, 0.5) is 4.79 Å². The first kappa shape index (κ1) is 31.8. The Kier molecular flexibility index (Phi) is 11.8. The predicted octanol–water partition coefficient (Wildman–Crippen LogP) is 2.24. The van der Waals surface area contributed by atoms with Crippen molar-refractivity contribution in [2.24, 2.45) is 0 Å². The molecule has 0 bridgehead atoms. The quantitative estimate of drug-likeness (QED) is 0.321.